The summed E-state index contributed by atoms with van der Waals surface area (Å²) in [5, 5.41) is 8.05. The van der Waals surface area contributed by atoms with Crippen molar-refractivity contribution in [3.63, 3.8) is 0 Å². The van der Waals surface area contributed by atoms with E-state index >= 15 is 0 Å². The van der Waals surface area contributed by atoms with Gasteiger partial charge in [-0.2, -0.15) is 0 Å². The van der Waals surface area contributed by atoms with Gasteiger partial charge in [-0.3, -0.25) is 5.73 Å². The van der Waals surface area contributed by atoms with Crippen LogP contribution in [0.15, 0.2) is 0 Å². The van der Waals surface area contributed by atoms with E-state index in [1.165, 1.54) is 0 Å². The van der Waals surface area contributed by atoms with E-state index in [9.17, 15) is 4.79 Å². The van der Waals surface area contributed by atoms with Gasteiger partial charge in [-0.25, -0.2) is 4.79 Å². The molecule has 5 nitrogen and oxygen atoms in total. The van der Waals surface area contributed by atoms with Gasteiger partial charge in [0, 0.05) is 0 Å². The third-order valence-electron chi connectivity index (χ3n) is 0.945. The topological polar surface area (TPSA) is 98.6 Å². The minimum absolute atomic E-state index is 0.475. The molecule has 60 valence electrons. The highest BCUT2D eigenvalue weighted by molar-refractivity contribution is 5.56. The van der Waals surface area contributed by atoms with Crippen LogP contribution < -0.4 is 11.5 Å². The molecule has 0 rings (SSSR count). The zero-order valence-corrected chi connectivity index (χ0v) is 5.62. The van der Waals surface area contributed by atoms with Crippen LogP contribution in [0.3, 0.4) is 0 Å². The molecule has 0 aromatic heterocycles. The quantitative estimate of drug-likeness (QED) is 0.375. The molecular weight excluding hydrogens is 136 g/mol. The lowest BCUT2D eigenvalue weighted by Crippen LogP contribution is -2.26. The Morgan fingerprint density at radius 1 is 1.70 bits per heavy atom. The normalized spacial score (nSPS) is 12.6. The lowest BCUT2D eigenvalue weighted by Gasteiger charge is -2.08. The summed E-state index contributed by atoms with van der Waals surface area (Å²) >= 11 is 0. The summed E-state index contributed by atoms with van der Waals surface area (Å²) in [5.41, 5.74) is 10.4. The Morgan fingerprint density at radius 3 is 2.70 bits per heavy atom. The minimum Gasteiger partial charge on any atom is -0.450 e. The Kier molecular flexibility index (Phi) is 4.61. The third kappa shape index (κ3) is 5.33. The Hall–Kier alpha value is -0.810. The van der Waals surface area contributed by atoms with Crippen LogP contribution in [0.4, 0.5) is 4.79 Å². The first-order valence-corrected chi connectivity index (χ1v) is 3.02. The molecule has 5 N–H and O–H groups in total. The van der Waals surface area contributed by atoms with Gasteiger partial charge in [0.15, 0.2) is 6.23 Å². The summed E-state index contributed by atoms with van der Waals surface area (Å²) in [7, 11) is 0. The maximum atomic E-state index is 9.84. The van der Waals surface area contributed by atoms with Crippen molar-refractivity contribution in [1.82, 2.24) is 0 Å². The fraction of sp³-hybridized carbons (Fsp3) is 0.800. The van der Waals surface area contributed by atoms with Crippen molar-refractivity contribution >= 4 is 6.16 Å². The molecule has 0 amide bonds. The molecule has 0 aliphatic carbocycles. The molecule has 0 aliphatic heterocycles. The molecule has 0 fully saturated rings. The van der Waals surface area contributed by atoms with Crippen LogP contribution in [0.1, 0.15) is 12.8 Å². The number of carboxylic acid groups (broad SMARTS) is 1. The first-order valence-electron chi connectivity index (χ1n) is 3.02. The van der Waals surface area contributed by atoms with Crippen molar-refractivity contribution in [3.8, 4) is 0 Å². The first kappa shape index (κ1) is 9.19. The van der Waals surface area contributed by atoms with Crippen molar-refractivity contribution in [3.05, 3.63) is 0 Å². The van der Waals surface area contributed by atoms with Crippen LogP contribution in [-0.4, -0.2) is 24.0 Å². The van der Waals surface area contributed by atoms with Gasteiger partial charge < -0.3 is 15.6 Å². The van der Waals surface area contributed by atoms with Crippen molar-refractivity contribution in [2.45, 2.75) is 19.1 Å². The second-order valence-corrected chi connectivity index (χ2v) is 1.85. The van der Waals surface area contributed by atoms with Crippen molar-refractivity contribution in [2.75, 3.05) is 6.54 Å². The lowest BCUT2D eigenvalue weighted by atomic mass is 10.3. The molecule has 1 atom stereocenters. The average Bonchev–Trinajstić information content (AvgIpc) is 1.82. The van der Waals surface area contributed by atoms with E-state index in [0.717, 1.165) is 0 Å². The van der Waals surface area contributed by atoms with Crippen LogP contribution in [0, 0.1) is 0 Å². The largest absolute Gasteiger partial charge is 0.507 e. The molecule has 0 aromatic rings. The summed E-state index contributed by atoms with van der Waals surface area (Å²) < 4.78 is 4.19. The van der Waals surface area contributed by atoms with Crippen LogP contribution in [0.5, 0.6) is 0 Å². The van der Waals surface area contributed by atoms with Gasteiger partial charge in [-0.1, -0.05) is 0 Å². The Bertz CT molecular complexity index is 107. The molecule has 0 spiro atoms. The second-order valence-electron chi connectivity index (χ2n) is 1.85. The van der Waals surface area contributed by atoms with Crippen molar-refractivity contribution in [1.29, 1.82) is 0 Å². The molecule has 0 radical (unpaired) electrons. The van der Waals surface area contributed by atoms with E-state index in [1.54, 1.807) is 0 Å². The van der Waals surface area contributed by atoms with E-state index in [4.69, 9.17) is 16.6 Å². The summed E-state index contributed by atoms with van der Waals surface area (Å²) in [4.78, 5) is 9.84. The van der Waals surface area contributed by atoms with Gasteiger partial charge in [0.2, 0.25) is 0 Å². The maximum absolute atomic E-state index is 9.84. The average molecular weight is 148 g/mol. The van der Waals surface area contributed by atoms with Crippen LogP contribution in [-0.2, 0) is 4.74 Å². The van der Waals surface area contributed by atoms with E-state index in [-0.39, 0.29) is 0 Å². The predicted octanol–water partition coefficient (Wildman–Crippen LogP) is -0.295. The molecule has 5 heteroatoms. The number of hydrogen-bond acceptors (Lipinski definition) is 4. The molecular formula is C5H12N2O3. The lowest BCUT2D eigenvalue weighted by molar-refractivity contribution is 0.0504. The van der Waals surface area contributed by atoms with Gasteiger partial charge in [0.05, 0.1) is 0 Å². The van der Waals surface area contributed by atoms with Gasteiger partial charge in [-0.05, 0) is 19.4 Å². The molecule has 10 heavy (non-hydrogen) atoms. The van der Waals surface area contributed by atoms with Crippen molar-refractivity contribution < 1.29 is 14.6 Å². The molecule has 0 bridgehead atoms. The number of carbonyl (C=O) groups is 1. The number of rotatable bonds is 4. The Labute approximate surface area is 58.9 Å². The van der Waals surface area contributed by atoms with Gasteiger partial charge >= 0.3 is 6.16 Å². The third-order valence-corrected chi connectivity index (χ3v) is 0.945. The number of ether oxygens (including phenoxy) is 1. The van der Waals surface area contributed by atoms with Crippen molar-refractivity contribution in [2.24, 2.45) is 11.5 Å². The highest BCUT2D eigenvalue weighted by Crippen LogP contribution is 1.94. The smallest absolute Gasteiger partial charge is 0.450 e. The summed E-state index contributed by atoms with van der Waals surface area (Å²) in [5.74, 6) is 0. The highest BCUT2D eigenvalue weighted by Gasteiger charge is 2.05. The van der Waals surface area contributed by atoms with Crippen LogP contribution in [0.25, 0.3) is 0 Å². The predicted molar refractivity (Wildman–Crippen MR) is 35.4 cm³/mol. The van der Waals surface area contributed by atoms with Gasteiger partial charge in [0.1, 0.15) is 0 Å². The second kappa shape index (κ2) is 5.01. The molecule has 1 unspecified atom stereocenters. The minimum atomic E-state index is -1.34. The maximum Gasteiger partial charge on any atom is 0.507 e. The molecule has 0 aliphatic rings. The highest BCUT2D eigenvalue weighted by atomic mass is 16.7. The van der Waals surface area contributed by atoms with E-state index in [2.05, 4.69) is 4.74 Å². The van der Waals surface area contributed by atoms with Gasteiger partial charge in [-0.15, -0.1) is 0 Å². The Balaban J connectivity index is 3.25. The zero-order chi connectivity index (χ0) is 7.98. The van der Waals surface area contributed by atoms with Gasteiger partial charge in [0.25, 0.3) is 0 Å². The molecule has 0 saturated carbocycles. The van der Waals surface area contributed by atoms with E-state index in [1.807, 2.05) is 0 Å². The number of hydrogen-bond donors (Lipinski definition) is 3. The molecule has 0 aromatic carbocycles. The summed E-state index contributed by atoms with van der Waals surface area (Å²) in [6.07, 6.45) is -0.928. The monoisotopic (exact) mass is 148 g/mol. The summed E-state index contributed by atoms with van der Waals surface area (Å²) in [6, 6.07) is 0. The van der Waals surface area contributed by atoms with E-state index < -0.39 is 12.4 Å². The van der Waals surface area contributed by atoms with Crippen LogP contribution in [0.2, 0.25) is 0 Å². The molecule has 0 heterocycles. The van der Waals surface area contributed by atoms with E-state index in [0.29, 0.717) is 19.4 Å². The SMILES string of the molecule is NCCCC(N)OC(=O)O. The fourth-order valence-corrected chi connectivity index (χ4v) is 0.507. The fourth-order valence-electron chi connectivity index (χ4n) is 0.507. The summed E-state index contributed by atoms with van der Waals surface area (Å²) in [6.45, 7) is 0.497. The Morgan fingerprint density at radius 2 is 2.30 bits per heavy atom. The standard InChI is InChI=1S/C5H12N2O3/c6-3-1-2-4(7)10-5(8)9/h4H,1-3,6-7H2,(H,8,9). The van der Waals surface area contributed by atoms with Crippen LogP contribution >= 0.6 is 0 Å². The zero-order valence-electron chi connectivity index (χ0n) is 5.62. The first-order chi connectivity index (χ1) is 4.66. The number of nitrogens with two attached hydrogens (primary N) is 2. The molecule has 0 saturated heterocycles.